The summed E-state index contributed by atoms with van der Waals surface area (Å²) in [5.74, 6) is 0.804. The number of hydrogen-bond donors (Lipinski definition) is 1. The molecule has 2 heterocycles. The predicted octanol–water partition coefficient (Wildman–Crippen LogP) is 1.60. The van der Waals surface area contributed by atoms with Crippen molar-refractivity contribution < 1.29 is 0 Å². The maximum Gasteiger partial charge on any atom is 0.153 e. The third-order valence-electron chi connectivity index (χ3n) is 2.24. The molecule has 2 rings (SSSR count). The summed E-state index contributed by atoms with van der Waals surface area (Å²) in [4.78, 5) is 4.25. The average molecular weight is 202 g/mol. The molecule has 0 saturated carbocycles. The molecule has 1 unspecified atom stereocenters. The lowest BCUT2D eigenvalue weighted by atomic mass is 10.1. The van der Waals surface area contributed by atoms with Crippen molar-refractivity contribution in [2.75, 3.05) is 0 Å². The van der Waals surface area contributed by atoms with Gasteiger partial charge in [-0.15, -0.1) is 0 Å². The monoisotopic (exact) mass is 202 g/mol. The number of rotatable bonds is 2. The summed E-state index contributed by atoms with van der Waals surface area (Å²) in [6.45, 7) is 3.95. The van der Waals surface area contributed by atoms with E-state index in [1.165, 1.54) is 0 Å². The van der Waals surface area contributed by atoms with Crippen molar-refractivity contribution in [1.82, 2.24) is 14.8 Å². The van der Waals surface area contributed by atoms with Crippen molar-refractivity contribution in [2.45, 2.75) is 19.9 Å². The van der Waals surface area contributed by atoms with Gasteiger partial charge in [0.2, 0.25) is 0 Å². The fourth-order valence-corrected chi connectivity index (χ4v) is 1.38. The number of nitrogens with two attached hydrogens (primary N) is 1. The lowest BCUT2D eigenvalue weighted by Crippen LogP contribution is -2.07. The summed E-state index contributed by atoms with van der Waals surface area (Å²) in [5.41, 5.74) is 7.99. The highest BCUT2D eigenvalue weighted by molar-refractivity contribution is 5.29. The molecule has 2 aromatic heterocycles. The molecule has 0 spiro atoms. The molecule has 0 bridgehead atoms. The molecule has 0 aliphatic heterocycles. The molecular weight excluding hydrogens is 188 g/mol. The maximum atomic E-state index is 5.81. The van der Waals surface area contributed by atoms with Gasteiger partial charge in [0.15, 0.2) is 5.82 Å². The zero-order chi connectivity index (χ0) is 10.8. The van der Waals surface area contributed by atoms with Gasteiger partial charge >= 0.3 is 0 Å². The molecular formula is C11H14N4. The van der Waals surface area contributed by atoms with Crippen LogP contribution in [0.5, 0.6) is 0 Å². The first-order valence-corrected chi connectivity index (χ1v) is 4.90. The third-order valence-corrected chi connectivity index (χ3v) is 2.24. The van der Waals surface area contributed by atoms with Gasteiger partial charge < -0.3 is 5.73 Å². The largest absolute Gasteiger partial charge is 0.324 e. The van der Waals surface area contributed by atoms with Crippen LogP contribution in [0.1, 0.15) is 24.1 Å². The number of hydrogen-bond acceptors (Lipinski definition) is 3. The van der Waals surface area contributed by atoms with E-state index in [4.69, 9.17) is 5.73 Å². The Hall–Kier alpha value is -1.68. The van der Waals surface area contributed by atoms with Crippen LogP contribution >= 0.6 is 0 Å². The molecule has 0 saturated heterocycles. The lowest BCUT2D eigenvalue weighted by Gasteiger charge is -2.06. The molecule has 0 fully saturated rings. The first kappa shape index (κ1) is 9.86. The normalized spacial score (nSPS) is 12.7. The average Bonchev–Trinajstić information content (AvgIpc) is 2.65. The summed E-state index contributed by atoms with van der Waals surface area (Å²) < 4.78 is 1.75. The Morgan fingerprint density at radius 3 is 2.87 bits per heavy atom. The van der Waals surface area contributed by atoms with E-state index in [2.05, 4.69) is 10.1 Å². The van der Waals surface area contributed by atoms with Gasteiger partial charge in [-0.05, 0) is 37.1 Å². The van der Waals surface area contributed by atoms with Crippen molar-refractivity contribution in [3.05, 3.63) is 41.9 Å². The highest BCUT2D eigenvalue weighted by Crippen LogP contribution is 2.12. The summed E-state index contributed by atoms with van der Waals surface area (Å²) in [6.07, 6.45) is 5.50. The number of aromatic nitrogens is 3. The SMILES string of the molecule is Cc1cnn(-c2cc(C(C)N)ccn2)c1. The van der Waals surface area contributed by atoms with Gasteiger partial charge in [0.05, 0.1) is 6.20 Å². The molecule has 0 aliphatic carbocycles. The van der Waals surface area contributed by atoms with Gasteiger partial charge in [0.1, 0.15) is 0 Å². The minimum atomic E-state index is 0.0170. The Bertz CT molecular complexity index is 459. The van der Waals surface area contributed by atoms with E-state index in [9.17, 15) is 0 Å². The molecule has 4 nitrogen and oxygen atoms in total. The van der Waals surface area contributed by atoms with Gasteiger partial charge in [0, 0.05) is 18.4 Å². The molecule has 0 aromatic carbocycles. The fraction of sp³-hybridized carbons (Fsp3) is 0.273. The van der Waals surface area contributed by atoms with E-state index in [0.29, 0.717) is 0 Å². The van der Waals surface area contributed by atoms with E-state index < -0.39 is 0 Å². The zero-order valence-electron chi connectivity index (χ0n) is 8.88. The lowest BCUT2D eigenvalue weighted by molar-refractivity contribution is 0.796. The first-order valence-electron chi connectivity index (χ1n) is 4.90. The Morgan fingerprint density at radius 1 is 1.47 bits per heavy atom. The molecule has 0 aliphatic rings. The fourth-order valence-electron chi connectivity index (χ4n) is 1.38. The van der Waals surface area contributed by atoms with Crippen LogP contribution in [-0.4, -0.2) is 14.8 Å². The number of pyridine rings is 1. The predicted molar refractivity (Wildman–Crippen MR) is 58.7 cm³/mol. The number of nitrogens with zero attached hydrogens (tertiary/aromatic N) is 3. The van der Waals surface area contributed by atoms with E-state index in [0.717, 1.165) is 16.9 Å². The second-order valence-electron chi connectivity index (χ2n) is 3.70. The van der Waals surface area contributed by atoms with Crippen LogP contribution in [0.15, 0.2) is 30.7 Å². The zero-order valence-corrected chi connectivity index (χ0v) is 8.88. The smallest absolute Gasteiger partial charge is 0.153 e. The molecule has 4 heteroatoms. The second-order valence-corrected chi connectivity index (χ2v) is 3.70. The minimum absolute atomic E-state index is 0.0170. The molecule has 0 radical (unpaired) electrons. The Balaban J connectivity index is 2.41. The summed E-state index contributed by atoms with van der Waals surface area (Å²) >= 11 is 0. The summed E-state index contributed by atoms with van der Waals surface area (Å²) in [6, 6.07) is 3.89. The first-order chi connectivity index (χ1) is 7.16. The van der Waals surface area contributed by atoms with Crippen molar-refractivity contribution >= 4 is 0 Å². The maximum absolute atomic E-state index is 5.81. The third kappa shape index (κ3) is 2.05. The van der Waals surface area contributed by atoms with Crippen molar-refractivity contribution in [3.8, 4) is 5.82 Å². The van der Waals surface area contributed by atoms with Crippen LogP contribution in [0.4, 0.5) is 0 Å². The van der Waals surface area contributed by atoms with Gasteiger partial charge in [-0.3, -0.25) is 0 Å². The van der Waals surface area contributed by atoms with Crippen LogP contribution in [0.2, 0.25) is 0 Å². The Labute approximate surface area is 88.8 Å². The molecule has 78 valence electrons. The summed E-state index contributed by atoms with van der Waals surface area (Å²) in [5, 5.41) is 4.20. The highest BCUT2D eigenvalue weighted by Gasteiger charge is 2.03. The van der Waals surface area contributed by atoms with Crippen LogP contribution in [-0.2, 0) is 0 Å². The van der Waals surface area contributed by atoms with Crippen molar-refractivity contribution in [3.63, 3.8) is 0 Å². The van der Waals surface area contributed by atoms with E-state index in [-0.39, 0.29) is 6.04 Å². The molecule has 2 N–H and O–H groups in total. The van der Waals surface area contributed by atoms with E-state index >= 15 is 0 Å². The topological polar surface area (TPSA) is 56.7 Å². The minimum Gasteiger partial charge on any atom is -0.324 e. The Morgan fingerprint density at radius 2 is 2.27 bits per heavy atom. The van der Waals surface area contributed by atoms with Crippen molar-refractivity contribution in [2.24, 2.45) is 5.73 Å². The Kier molecular flexibility index (Phi) is 2.51. The highest BCUT2D eigenvalue weighted by atomic mass is 15.3. The van der Waals surface area contributed by atoms with Gasteiger partial charge in [-0.2, -0.15) is 5.10 Å². The molecule has 2 aromatic rings. The van der Waals surface area contributed by atoms with Gasteiger partial charge in [-0.1, -0.05) is 0 Å². The van der Waals surface area contributed by atoms with Gasteiger partial charge in [0.25, 0.3) is 0 Å². The molecule has 0 amide bonds. The van der Waals surface area contributed by atoms with Gasteiger partial charge in [-0.25, -0.2) is 9.67 Å². The van der Waals surface area contributed by atoms with Crippen LogP contribution in [0, 0.1) is 6.92 Å². The van der Waals surface area contributed by atoms with Crippen LogP contribution in [0.3, 0.4) is 0 Å². The number of aryl methyl sites for hydroxylation is 1. The van der Waals surface area contributed by atoms with Crippen LogP contribution in [0.25, 0.3) is 5.82 Å². The summed E-state index contributed by atoms with van der Waals surface area (Å²) in [7, 11) is 0. The second kappa shape index (κ2) is 3.82. The van der Waals surface area contributed by atoms with Crippen LogP contribution < -0.4 is 5.73 Å². The standard InChI is InChI=1S/C11H14N4/c1-8-6-14-15(7-8)11-5-10(9(2)12)3-4-13-11/h3-7,9H,12H2,1-2H3. The van der Waals surface area contributed by atoms with Crippen molar-refractivity contribution in [1.29, 1.82) is 0 Å². The molecule has 1 atom stereocenters. The van der Waals surface area contributed by atoms with E-state index in [1.54, 1.807) is 17.1 Å². The quantitative estimate of drug-likeness (QED) is 0.804. The molecule has 15 heavy (non-hydrogen) atoms. The van der Waals surface area contributed by atoms with E-state index in [1.807, 2.05) is 32.2 Å².